The lowest BCUT2D eigenvalue weighted by Crippen LogP contribution is -2.18. The highest BCUT2D eigenvalue weighted by atomic mass is 32.2. The summed E-state index contributed by atoms with van der Waals surface area (Å²) in [6, 6.07) is 3.54. The van der Waals surface area contributed by atoms with E-state index in [1.807, 2.05) is 0 Å². The summed E-state index contributed by atoms with van der Waals surface area (Å²) in [4.78, 5) is 17.2. The highest BCUT2D eigenvalue weighted by Crippen LogP contribution is 2.30. The summed E-state index contributed by atoms with van der Waals surface area (Å²) >= 11 is 0.735. The third-order valence-corrected chi connectivity index (χ3v) is 3.46. The highest BCUT2D eigenvalue weighted by molar-refractivity contribution is 7.99. The lowest BCUT2D eigenvalue weighted by atomic mass is 10.1. The lowest BCUT2D eigenvalue weighted by molar-refractivity contribution is 0.535. The molecule has 0 spiro atoms. The van der Waals surface area contributed by atoms with Crippen LogP contribution in [-0.2, 0) is 6.42 Å². The quantitative estimate of drug-likeness (QED) is 0.848. The fourth-order valence-corrected chi connectivity index (χ4v) is 2.47. The molecule has 0 saturated heterocycles. The predicted molar refractivity (Wildman–Crippen MR) is 72.7 cm³/mol. The van der Waals surface area contributed by atoms with E-state index in [1.54, 1.807) is 6.92 Å². The van der Waals surface area contributed by atoms with Gasteiger partial charge < -0.3 is 10.7 Å². The maximum Gasteiger partial charge on any atom is 0.251 e. The normalized spacial score (nSPS) is 12.4. The van der Waals surface area contributed by atoms with E-state index in [0.29, 0.717) is 12.0 Å². The first-order valence-corrected chi connectivity index (χ1v) is 6.74. The number of nitrogens with one attached hydrogen (secondary N) is 1. The smallest absolute Gasteiger partial charge is 0.251 e. The number of nitrogens with zero attached hydrogens (tertiary/aromatic N) is 1. The standard InChI is InChI=1S/C13H13F2N3OS/c1-7(16)4-8-5-9(14)12(10(15)6-8)20-13-17-3-2-11(19)18-13/h2-3,5-7H,4,16H2,1H3,(H,17,18,19). The monoisotopic (exact) mass is 297 g/mol. The van der Waals surface area contributed by atoms with E-state index in [4.69, 9.17) is 5.73 Å². The van der Waals surface area contributed by atoms with Gasteiger partial charge in [-0.15, -0.1) is 0 Å². The zero-order valence-electron chi connectivity index (χ0n) is 10.7. The highest BCUT2D eigenvalue weighted by Gasteiger charge is 2.14. The summed E-state index contributed by atoms with van der Waals surface area (Å²) in [5, 5.41) is 0.134. The second kappa shape index (κ2) is 6.15. The Morgan fingerprint density at radius 2 is 2.05 bits per heavy atom. The predicted octanol–water partition coefficient (Wildman–Crippen LogP) is 2.09. The topological polar surface area (TPSA) is 71.8 Å². The molecule has 106 valence electrons. The maximum atomic E-state index is 13.9. The van der Waals surface area contributed by atoms with E-state index >= 15 is 0 Å². The van der Waals surface area contributed by atoms with Gasteiger partial charge in [-0.1, -0.05) is 0 Å². The minimum atomic E-state index is -0.697. The third kappa shape index (κ3) is 3.64. The first kappa shape index (κ1) is 14.7. The number of halogens is 2. The first-order chi connectivity index (χ1) is 9.45. The second-order valence-corrected chi connectivity index (χ2v) is 5.41. The van der Waals surface area contributed by atoms with Crippen molar-refractivity contribution in [3.8, 4) is 0 Å². The minimum absolute atomic E-state index is 0.134. The van der Waals surface area contributed by atoms with E-state index in [2.05, 4.69) is 9.97 Å². The van der Waals surface area contributed by atoms with Crippen molar-refractivity contribution in [3.05, 3.63) is 51.9 Å². The molecule has 0 saturated carbocycles. The van der Waals surface area contributed by atoms with Gasteiger partial charge in [0.15, 0.2) is 5.16 Å². The fourth-order valence-electron chi connectivity index (χ4n) is 1.70. The van der Waals surface area contributed by atoms with Crippen LogP contribution in [0.15, 0.2) is 39.2 Å². The number of aromatic amines is 1. The van der Waals surface area contributed by atoms with Gasteiger partial charge in [0.2, 0.25) is 0 Å². The summed E-state index contributed by atoms with van der Waals surface area (Å²) in [6.45, 7) is 1.76. The molecule has 0 amide bonds. The van der Waals surface area contributed by atoms with E-state index < -0.39 is 11.6 Å². The molecule has 1 heterocycles. The molecular formula is C13H13F2N3OS. The Bertz CT molecular complexity index is 650. The van der Waals surface area contributed by atoms with Gasteiger partial charge in [-0.05, 0) is 42.8 Å². The van der Waals surface area contributed by atoms with Crippen molar-refractivity contribution in [1.29, 1.82) is 0 Å². The van der Waals surface area contributed by atoms with E-state index in [0.717, 1.165) is 11.8 Å². The molecule has 1 aromatic heterocycles. The van der Waals surface area contributed by atoms with Gasteiger partial charge in [-0.3, -0.25) is 4.79 Å². The number of aromatic nitrogens is 2. The van der Waals surface area contributed by atoms with Gasteiger partial charge in [-0.25, -0.2) is 13.8 Å². The van der Waals surface area contributed by atoms with E-state index in [1.165, 1.54) is 24.4 Å². The summed E-state index contributed by atoms with van der Waals surface area (Å²) in [5.74, 6) is -1.39. The molecular weight excluding hydrogens is 284 g/mol. The van der Waals surface area contributed by atoms with Crippen LogP contribution in [0, 0.1) is 11.6 Å². The molecule has 0 aliphatic heterocycles. The summed E-state index contributed by atoms with van der Waals surface area (Å²) in [7, 11) is 0. The molecule has 1 atom stereocenters. The number of rotatable bonds is 4. The van der Waals surface area contributed by atoms with Crippen molar-refractivity contribution < 1.29 is 8.78 Å². The number of benzene rings is 1. The summed E-state index contributed by atoms with van der Waals surface area (Å²) in [5.41, 5.74) is 5.72. The fraction of sp³-hybridized carbons (Fsp3) is 0.231. The van der Waals surface area contributed by atoms with Gasteiger partial charge in [-0.2, -0.15) is 0 Å². The van der Waals surface area contributed by atoms with Gasteiger partial charge in [0.25, 0.3) is 5.56 Å². The average Bonchev–Trinajstić information content (AvgIpc) is 2.33. The zero-order chi connectivity index (χ0) is 14.7. The van der Waals surface area contributed by atoms with Crippen LogP contribution in [0.4, 0.5) is 8.78 Å². The van der Waals surface area contributed by atoms with Crippen molar-refractivity contribution in [1.82, 2.24) is 9.97 Å². The lowest BCUT2D eigenvalue weighted by Gasteiger charge is -2.09. The molecule has 1 unspecified atom stereocenters. The van der Waals surface area contributed by atoms with Crippen LogP contribution in [0.2, 0.25) is 0 Å². The number of hydrogen-bond donors (Lipinski definition) is 2. The Balaban J connectivity index is 2.31. The summed E-state index contributed by atoms with van der Waals surface area (Å²) < 4.78 is 27.9. The molecule has 0 bridgehead atoms. The van der Waals surface area contributed by atoms with Crippen LogP contribution in [0.25, 0.3) is 0 Å². The van der Waals surface area contributed by atoms with Gasteiger partial charge in [0.1, 0.15) is 11.6 Å². The molecule has 20 heavy (non-hydrogen) atoms. The number of nitrogens with two attached hydrogens (primary N) is 1. The molecule has 4 nitrogen and oxygen atoms in total. The molecule has 2 rings (SSSR count). The Morgan fingerprint density at radius 3 is 2.60 bits per heavy atom. The van der Waals surface area contributed by atoms with Crippen LogP contribution in [0.5, 0.6) is 0 Å². The van der Waals surface area contributed by atoms with E-state index in [-0.39, 0.29) is 21.7 Å². The Kier molecular flexibility index (Phi) is 4.51. The van der Waals surface area contributed by atoms with Crippen molar-refractivity contribution in [3.63, 3.8) is 0 Å². The number of hydrogen-bond acceptors (Lipinski definition) is 4. The van der Waals surface area contributed by atoms with Crippen LogP contribution in [0.3, 0.4) is 0 Å². The molecule has 0 radical (unpaired) electrons. The Morgan fingerprint density at radius 1 is 1.40 bits per heavy atom. The first-order valence-electron chi connectivity index (χ1n) is 5.92. The second-order valence-electron chi connectivity index (χ2n) is 4.41. The average molecular weight is 297 g/mol. The molecule has 0 aliphatic carbocycles. The van der Waals surface area contributed by atoms with Crippen molar-refractivity contribution in [2.75, 3.05) is 0 Å². The van der Waals surface area contributed by atoms with E-state index in [9.17, 15) is 13.6 Å². The van der Waals surface area contributed by atoms with Gasteiger partial charge in [0.05, 0.1) is 4.90 Å². The molecule has 7 heteroatoms. The maximum absolute atomic E-state index is 13.9. The van der Waals surface area contributed by atoms with Gasteiger partial charge in [0, 0.05) is 18.3 Å². The molecule has 0 aliphatic rings. The SMILES string of the molecule is CC(N)Cc1cc(F)c(Sc2nccc(=O)[nH]2)c(F)c1. The van der Waals surface area contributed by atoms with Crippen LogP contribution in [0.1, 0.15) is 12.5 Å². The van der Waals surface area contributed by atoms with Crippen LogP contribution in [-0.4, -0.2) is 16.0 Å². The van der Waals surface area contributed by atoms with Gasteiger partial charge >= 0.3 is 0 Å². The van der Waals surface area contributed by atoms with Crippen molar-refractivity contribution >= 4 is 11.8 Å². The Labute approximate surface area is 118 Å². The largest absolute Gasteiger partial charge is 0.328 e. The van der Waals surface area contributed by atoms with Crippen LogP contribution >= 0.6 is 11.8 Å². The minimum Gasteiger partial charge on any atom is -0.328 e. The third-order valence-electron chi connectivity index (χ3n) is 2.46. The van der Waals surface area contributed by atoms with Crippen molar-refractivity contribution in [2.45, 2.75) is 29.4 Å². The Hall–Kier alpha value is -1.73. The molecule has 0 fully saturated rings. The molecule has 1 aromatic carbocycles. The molecule has 2 aromatic rings. The zero-order valence-corrected chi connectivity index (χ0v) is 11.5. The van der Waals surface area contributed by atoms with Crippen molar-refractivity contribution in [2.24, 2.45) is 5.73 Å². The molecule has 3 N–H and O–H groups in total. The summed E-state index contributed by atoms with van der Waals surface area (Å²) in [6.07, 6.45) is 1.67. The van der Waals surface area contributed by atoms with Crippen LogP contribution < -0.4 is 11.3 Å². The number of H-pyrrole nitrogens is 1.